The highest BCUT2D eigenvalue weighted by Gasteiger charge is 2.30. The van der Waals surface area contributed by atoms with Gasteiger partial charge in [-0.25, -0.2) is 4.98 Å². The molecule has 2 fully saturated rings. The van der Waals surface area contributed by atoms with Crippen molar-refractivity contribution in [3.63, 3.8) is 0 Å². The molecule has 0 aliphatic heterocycles. The highest BCUT2D eigenvalue weighted by Crippen LogP contribution is 2.44. The van der Waals surface area contributed by atoms with E-state index in [4.69, 9.17) is 4.98 Å². The number of hydrogen-bond acceptors (Lipinski definition) is 3. The molecular formula is C18H22N2S. The van der Waals surface area contributed by atoms with Crippen molar-refractivity contribution in [1.29, 1.82) is 0 Å². The molecule has 1 aromatic heterocycles. The van der Waals surface area contributed by atoms with Gasteiger partial charge in [0, 0.05) is 28.9 Å². The van der Waals surface area contributed by atoms with E-state index in [1.807, 2.05) is 11.3 Å². The van der Waals surface area contributed by atoms with Crippen LogP contribution < -0.4 is 5.32 Å². The molecule has 0 unspecified atom stereocenters. The first-order valence-electron chi connectivity index (χ1n) is 8.15. The second-order valence-electron chi connectivity index (χ2n) is 6.31. The van der Waals surface area contributed by atoms with Crippen LogP contribution >= 0.6 is 11.3 Å². The van der Waals surface area contributed by atoms with E-state index in [1.165, 1.54) is 52.4 Å². The molecular weight excluding hydrogens is 276 g/mol. The minimum Gasteiger partial charge on any atom is -0.309 e. The Morgan fingerprint density at radius 2 is 1.90 bits per heavy atom. The molecule has 0 atom stereocenters. The van der Waals surface area contributed by atoms with E-state index in [9.17, 15) is 0 Å². The monoisotopic (exact) mass is 298 g/mol. The number of thiazole rings is 1. The Bertz CT molecular complexity index is 621. The Labute approximate surface area is 130 Å². The van der Waals surface area contributed by atoms with Gasteiger partial charge in [0.2, 0.25) is 0 Å². The first-order chi connectivity index (χ1) is 10.3. The molecule has 2 nitrogen and oxygen atoms in total. The Kier molecular flexibility index (Phi) is 3.56. The molecule has 1 heterocycles. The van der Waals surface area contributed by atoms with Crippen LogP contribution in [0.25, 0.3) is 10.6 Å². The Balaban J connectivity index is 1.59. The second kappa shape index (κ2) is 5.54. The summed E-state index contributed by atoms with van der Waals surface area (Å²) in [6.07, 6.45) is 6.45. The van der Waals surface area contributed by atoms with Crippen molar-refractivity contribution in [3.05, 3.63) is 40.4 Å². The Morgan fingerprint density at radius 1 is 1.14 bits per heavy atom. The molecule has 1 aromatic carbocycles. The van der Waals surface area contributed by atoms with Crippen LogP contribution in [-0.2, 0) is 13.0 Å². The van der Waals surface area contributed by atoms with E-state index < -0.39 is 0 Å². The molecule has 0 bridgehead atoms. The standard InChI is InChI=1S/C18H22N2S/c1-2-12-3-5-14(6-4-12)18-20-17(13-7-8-13)16(21-18)11-19-15-9-10-15/h3-6,13,15,19H,2,7-11H2,1H3. The summed E-state index contributed by atoms with van der Waals surface area (Å²) in [6.45, 7) is 3.21. The van der Waals surface area contributed by atoms with Crippen molar-refractivity contribution >= 4 is 11.3 Å². The molecule has 0 saturated heterocycles. The van der Waals surface area contributed by atoms with Gasteiger partial charge in [-0.1, -0.05) is 31.2 Å². The fraction of sp³-hybridized carbons (Fsp3) is 0.500. The average molecular weight is 298 g/mol. The number of nitrogens with zero attached hydrogens (tertiary/aromatic N) is 1. The lowest BCUT2D eigenvalue weighted by Gasteiger charge is -2.01. The fourth-order valence-corrected chi connectivity index (χ4v) is 3.80. The molecule has 3 heteroatoms. The van der Waals surface area contributed by atoms with Gasteiger partial charge in [-0.05, 0) is 37.7 Å². The first kappa shape index (κ1) is 13.5. The topological polar surface area (TPSA) is 24.9 Å². The summed E-state index contributed by atoms with van der Waals surface area (Å²) in [5.41, 5.74) is 4.05. The smallest absolute Gasteiger partial charge is 0.123 e. The van der Waals surface area contributed by atoms with Crippen LogP contribution in [0.15, 0.2) is 24.3 Å². The summed E-state index contributed by atoms with van der Waals surface area (Å²) in [4.78, 5) is 6.45. The molecule has 0 spiro atoms. The number of nitrogens with one attached hydrogen (secondary N) is 1. The zero-order valence-electron chi connectivity index (χ0n) is 12.6. The lowest BCUT2D eigenvalue weighted by atomic mass is 10.1. The minimum atomic E-state index is 0.737. The third kappa shape index (κ3) is 3.04. The maximum atomic E-state index is 4.97. The second-order valence-corrected chi connectivity index (χ2v) is 7.39. The van der Waals surface area contributed by atoms with Gasteiger partial charge in [-0.3, -0.25) is 0 Å². The van der Waals surface area contributed by atoms with Crippen LogP contribution in [0.2, 0.25) is 0 Å². The SMILES string of the molecule is CCc1ccc(-c2nc(C3CC3)c(CNC3CC3)s2)cc1. The molecule has 0 amide bonds. The summed E-state index contributed by atoms with van der Waals surface area (Å²) in [6, 6.07) is 9.69. The maximum absolute atomic E-state index is 4.97. The number of aryl methyl sites for hydroxylation is 1. The predicted molar refractivity (Wildman–Crippen MR) is 88.8 cm³/mol. The van der Waals surface area contributed by atoms with E-state index in [2.05, 4.69) is 36.5 Å². The molecule has 2 aliphatic carbocycles. The van der Waals surface area contributed by atoms with Gasteiger partial charge in [0.15, 0.2) is 0 Å². The van der Waals surface area contributed by atoms with Crippen molar-refractivity contribution in [1.82, 2.24) is 10.3 Å². The minimum absolute atomic E-state index is 0.737. The highest BCUT2D eigenvalue weighted by molar-refractivity contribution is 7.15. The van der Waals surface area contributed by atoms with Gasteiger partial charge in [-0.15, -0.1) is 11.3 Å². The van der Waals surface area contributed by atoms with Gasteiger partial charge in [-0.2, -0.15) is 0 Å². The third-order valence-corrected chi connectivity index (χ3v) is 5.55. The quantitative estimate of drug-likeness (QED) is 0.849. The first-order valence-corrected chi connectivity index (χ1v) is 8.97. The van der Waals surface area contributed by atoms with E-state index in [0.29, 0.717) is 0 Å². The van der Waals surface area contributed by atoms with Gasteiger partial charge in [0.05, 0.1) is 5.69 Å². The summed E-state index contributed by atoms with van der Waals surface area (Å²) in [5.74, 6) is 0.737. The number of benzene rings is 1. The Hall–Kier alpha value is -1.19. The lowest BCUT2D eigenvalue weighted by Crippen LogP contribution is -2.15. The highest BCUT2D eigenvalue weighted by atomic mass is 32.1. The van der Waals surface area contributed by atoms with Gasteiger partial charge in [0.25, 0.3) is 0 Å². The van der Waals surface area contributed by atoms with Crippen molar-refractivity contribution in [2.75, 3.05) is 0 Å². The van der Waals surface area contributed by atoms with E-state index in [0.717, 1.165) is 24.9 Å². The molecule has 21 heavy (non-hydrogen) atoms. The summed E-state index contributed by atoms with van der Waals surface area (Å²) < 4.78 is 0. The third-order valence-electron chi connectivity index (χ3n) is 4.43. The lowest BCUT2D eigenvalue weighted by molar-refractivity contribution is 0.688. The molecule has 110 valence electrons. The molecule has 4 rings (SSSR count). The van der Waals surface area contributed by atoms with Gasteiger partial charge >= 0.3 is 0 Å². The van der Waals surface area contributed by atoms with Crippen LogP contribution in [0, 0.1) is 0 Å². The molecule has 2 aromatic rings. The van der Waals surface area contributed by atoms with E-state index in [1.54, 1.807) is 0 Å². The zero-order valence-corrected chi connectivity index (χ0v) is 13.4. The average Bonchev–Trinajstić information content (AvgIpc) is 3.44. The van der Waals surface area contributed by atoms with Crippen molar-refractivity contribution < 1.29 is 0 Å². The predicted octanol–water partition coefficient (Wildman–Crippen LogP) is 4.50. The maximum Gasteiger partial charge on any atom is 0.123 e. The summed E-state index contributed by atoms with van der Waals surface area (Å²) >= 11 is 1.89. The number of hydrogen-bond donors (Lipinski definition) is 1. The summed E-state index contributed by atoms with van der Waals surface area (Å²) in [5, 5.41) is 4.85. The van der Waals surface area contributed by atoms with Crippen LogP contribution in [-0.4, -0.2) is 11.0 Å². The van der Waals surface area contributed by atoms with E-state index >= 15 is 0 Å². The number of aromatic nitrogens is 1. The zero-order chi connectivity index (χ0) is 14.2. The van der Waals surface area contributed by atoms with Crippen LogP contribution in [0.1, 0.15) is 54.7 Å². The Morgan fingerprint density at radius 3 is 2.52 bits per heavy atom. The van der Waals surface area contributed by atoms with Crippen LogP contribution in [0.4, 0.5) is 0 Å². The van der Waals surface area contributed by atoms with Gasteiger partial charge < -0.3 is 5.32 Å². The molecule has 2 aliphatic rings. The molecule has 2 saturated carbocycles. The van der Waals surface area contributed by atoms with E-state index in [-0.39, 0.29) is 0 Å². The van der Waals surface area contributed by atoms with Crippen molar-refractivity contribution in [3.8, 4) is 10.6 Å². The fourth-order valence-electron chi connectivity index (χ4n) is 2.70. The van der Waals surface area contributed by atoms with Crippen LogP contribution in [0.3, 0.4) is 0 Å². The molecule has 1 N–H and O–H groups in total. The summed E-state index contributed by atoms with van der Waals surface area (Å²) in [7, 11) is 0. The number of rotatable bonds is 6. The van der Waals surface area contributed by atoms with Crippen LogP contribution in [0.5, 0.6) is 0 Å². The van der Waals surface area contributed by atoms with Crippen molar-refractivity contribution in [2.45, 2.75) is 57.5 Å². The normalized spacial score (nSPS) is 18.1. The largest absolute Gasteiger partial charge is 0.309 e. The van der Waals surface area contributed by atoms with Crippen molar-refractivity contribution in [2.24, 2.45) is 0 Å². The van der Waals surface area contributed by atoms with Gasteiger partial charge in [0.1, 0.15) is 5.01 Å². The molecule has 0 radical (unpaired) electrons.